The summed E-state index contributed by atoms with van der Waals surface area (Å²) in [6.07, 6.45) is 0. The molecule has 0 radical (unpaired) electrons. The molecule has 1 amide bonds. The van der Waals surface area contributed by atoms with Crippen LogP contribution >= 0.6 is 0 Å². The van der Waals surface area contributed by atoms with E-state index in [1.807, 2.05) is 0 Å². The van der Waals surface area contributed by atoms with Crippen molar-refractivity contribution in [2.24, 2.45) is 0 Å². The number of hydrogen-bond donors (Lipinski definition) is 2. The summed E-state index contributed by atoms with van der Waals surface area (Å²) < 4.78 is 28.4. The Hall–Kier alpha value is -1.69. The van der Waals surface area contributed by atoms with Crippen LogP contribution in [0, 0.1) is 0 Å². The number of amides is 1. The zero-order chi connectivity index (χ0) is 12.8. The van der Waals surface area contributed by atoms with Gasteiger partial charge in [0.15, 0.2) is 0 Å². The number of alkyl halides is 2. The molecule has 0 saturated heterocycles. The summed E-state index contributed by atoms with van der Waals surface area (Å²) in [7, 11) is 0. The van der Waals surface area contributed by atoms with Crippen molar-refractivity contribution in [2.45, 2.75) is 19.6 Å². The minimum absolute atomic E-state index is 0.00750. The van der Waals surface area contributed by atoms with Crippen LogP contribution in [0.3, 0.4) is 0 Å². The van der Waals surface area contributed by atoms with Crippen LogP contribution in [0.5, 0.6) is 5.75 Å². The van der Waals surface area contributed by atoms with E-state index in [9.17, 15) is 13.6 Å². The van der Waals surface area contributed by atoms with Gasteiger partial charge < -0.3 is 15.2 Å². The first-order chi connectivity index (χ1) is 8.04. The van der Waals surface area contributed by atoms with Crippen molar-refractivity contribution >= 4 is 5.91 Å². The van der Waals surface area contributed by atoms with E-state index in [-0.39, 0.29) is 17.9 Å². The maximum Gasteiger partial charge on any atom is 0.387 e. The molecule has 17 heavy (non-hydrogen) atoms. The number of rotatable bonds is 5. The molecule has 0 saturated carbocycles. The Morgan fingerprint density at radius 1 is 1.47 bits per heavy atom. The van der Waals surface area contributed by atoms with Crippen molar-refractivity contribution in [1.82, 2.24) is 5.32 Å². The first kappa shape index (κ1) is 13.4. The highest BCUT2D eigenvalue weighted by molar-refractivity contribution is 5.97. The molecule has 1 atom stereocenters. The average Bonchev–Trinajstić information content (AvgIpc) is 2.28. The summed E-state index contributed by atoms with van der Waals surface area (Å²) in [6.45, 7) is -1.63. The van der Waals surface area contributed by atoms with Gasteiger partial charge in [-0.1, -0.05) is 12.1 Å². The molecule has 4 nitrogen and oxygen atoms in total. The second kappa shape index (κ2) is 6.15. The molecule has 0 spiro atoms. The lowest BCUT2D eigenvalue weighted by molar-refractivity contribution is -0.0501. The van der Waals surface area contributed by atoms with Gasteiger partial charge in [0, 0.05) is 6.04 Å². The quantitative estimate of drug-likeness (QED) is 0.824. The van der Waals surface area contributed by atoms with E-state index in [0.717, 1.165) is 0 Å². The zero-order valence-corrected chi connectivity index (χ0v) is 9.19. The molecule has 1 rings (SSSR count). The van der Waals surface area contributed by atoms with E-state index in [1.54, 1.807) is 6.92 Å². The second-order valence-electron chi connectivity index (χ2n) is 3.43. The van der Waals surface area contributed by atoms with Crippen LogP contribution < -0.4 is 10.1 Å². The van der Waals surface area contributed by atoms with Crippen molar-refractivity contribution in [1.29, 1.82) is 0 Å². The molecule has 0 heterocycles. The van der Waals surface area contributed by atoms with Crippen molar-refractivity contribution in [2.75, 3.05) is 6.61 Å². The smallest absolute Gasteiger partial charge is 0.387 e. The number of para-hydroxylation sites is 1. The Kier molecular flexibility index (Phi) is 4.84. The first-order valence-electron chi connectivity index (χ1n) is 5.00. The largest absolute Gasteiger partial charge is 0.434 e. The molecular weight excluding hydrogens is 232 g/mol. The topological polar surface area (TPSA) is 58.6 Å². The number of ether oxygens (including phenoxy) is 1. The Morgan fingerprint density at radius 3 is 2.71 bits per heavy atom. The SMILES string of the molecule is C[C@@H](CO)NC(=O)c1ccccc1OC(F)F. The number of benzene rings is 1. The Morgan fingerprint density at radius 2 is 2.12 bits per heavy atom. The Bertz CT molecular complexity index is 385. The fourth-order valence-corrected chi connectivity index (χ4v) is 1.20. The molecule has 0 aliphatic heterocycles. The molecule has 0 aromatic heterocycles. The van der Waals surface area contributed by atoms with Crippen LogP contribution in [0.15, 0.2) is 24.3 Å². The highest BCUT2D eigenvalue weighted by atomic mass is 19.3. The first-order valence-corrected chi connectivity index (χ1v) is 5.00. The van der Waals surface area contributed by atoms with Crippen LogP contribution in [0.2, 0.25) is 0 Å². The van der Waals surface area contributed by atoms with Gasteiger partial charge in [0.25, 0.3) is 5.91 Å². The fourth-order valence-electron chi connectivity index (χ4n) is 1.20. The van der Waals surface area contributed by atoms with Gasteiger partial charge in [0.2, 0.25) is 0 Å². The highest BCUT2D eigenvalue weighted by Crippen LogP contribution is 2.20. The van der Waals surface area contributed by atoms with E-state index in [2.05, 4.69) is 10.1 Å². The average molecular weight is 245 g/mol. The van der Waals surface area contributed by atoms with Gasteiger partial charge in [0.1, 0.15) is 5.75 Å². The molecule has 0 bridgehead atoms. The van der Waals surface area contributed by atoms with Crippen LogP contribution in [-0.2, 0) is 0 Å². The van der Waals surface area contributed by atoms with Gasteiger partial charge >= 0.3 is 6.61 Å². The normalized spacial score (nSPS) is 12.3. The van der Waals surface area contributed by atoms with E-state index >= 15 is 0 Å². The van der Waals surface area contributed by atoms with Crippen molar-refractivity contribution < 1.29 is 23.4 Å². The van der Waals surface area contributed by atoms with E-state index in [0.29, 0.717) is 0 Å². The molecule has 1 aromatic carbocycles. The Balaban J connectivity index is 2.85. The van der Waals surface area contributed by atoms with Gasteiger partial charge in [-0.15, -0.1) is 0 Å². The minimum atomic E-state index is -2.99. The molecule has 0 aliphatic rings. The molecule has 0 fully saturated rings. The van der Waals surface area contributed by atoms with Gasteiger partial charge in [-0.3, -0.25) is 4.79 Å². The number of nitrogens with one attached hydrogen (secondary N) is 1. The van der Waals surface area contributed by atoms with Crippen LogP contribution in [0.1, 0.15) is 17.3 Å². The van der Waals surface area contributed by atoms with E-state index in [4.69, 9.17) is 5.11 Å². The van der Waals surface area contributed by atoms with Gasteiger partial charge in [-0.05, 0) is 19.1 Å². The van der Waals surface area contributed by atoms with Gasteiger partial charge in [0.05, 0.1) is 12.2 Å². The number of carbonyl (C=O) groups is 1. The minimum Gasteiger partial charge on any atom is -0.434 e. The van der Waals surface area contributed by atoms with Crippen molar-refractivity contribution in [3.05, 3.63) is 29.8 Å². The summed E-state index contributed by atoms with van der Waals surface area (Å²) >= 11 is 0. The Labute approximate surface area is 97.2 Å². The lowest BCUT2D eigenvalue weighted by atomic mass is 10.2. The second-order valence-corrected chi connectivity index (χ2v) is 3.43. The number of halogens is 2. The maximum atomic E-state index is 12.1. The summed E-state index contributed by atoms with van der Waals surface area (Å²) in [5.74, 6) is -0.757. The lowest BCUT2D eigenvalue weighted by Gasteiger charge is -2.13. The molecule has 0 unspecified atom stereocenters. The summed E-state index contributed by atoms with van der Waals surface area (Å²) in [4.78, 5) is 11.7. The van der Waals surface area contributed by atoms with Crippen molar-refractivity contribution in [3.8, 4) is 5.75 Å². The van der Waals surface area contributed by atoms with Crippen LogP contribution in [0.25, 0.3) is 0 Å². The number of hydrogen-bond acceptors (Lipinski definition) is 3. The van der Waals surface area contributed by atoms with Crippen LogP contribution in [-0.4, -0.2) is 30.3 Å². The summed E-state index contributed by atoms with van der Waals surface area (Å²) in [5.41, 5.74) is 0.00750. The number of aliphatic hydroxyl groups excluding tert-OH is 1. The third-order valence-electron chi connectivity index (χ3n) is 2.00. The highest BCUT2D eigenvalue weighted by Gasteiger charge is 2.16. The van der Waals surface area contributed by atoms with E-state index < -0.39 is 18.6 Å². The fraction of sp³-hybridized carbons (Fsp3) is 0.364. The van der Waals surface area contributed by atoms with Gasteiger partial charge in [-0.25, -0.2) is 0 Å². The molecular formula is C11H13F2NO3. The lowest BCUT2D eigenvalue weighted by Crippen LogP contribution is -2.35. The third-order valence-corrected chi connectivity index (χ3v) is 2.00. The maximum absolute atomic E-state index is 12.1. The number of carbonyl (C=O) groups excluding carboxylic acids is 1. The molecule has 6 heteroatoms. The summed E-state index contributed by atoms with van der Waals surface area (Å²) in [5, 5.41) is 11.2. The molecule has 94 valence electrons. The molecule has 0 aliphatic carbocycles. The molecule has 1 aromatic rings. The predicted octanol–water partition coefficient (Wildman–Crippen LogP) is 1.40. The standard InChI is InChI=1S/C11H13F2NO3/c1-7(6-15)14-10(16)8-4-2-3-5-9(8)17-11(12)13/h2-5,7,11,15H,6H2,1H3,(H,14,16)/t7-/m0/s1. The summed E-state index contributed by atoms with van der Waals surface area (Å²) in [6, 6.07) is 5.23. The predicted molar refractivity (Wildman–Crippen MR) is 57.1 cm³/mol. The number of aliphatic hydroxyl groups is 1. The van der Waals surface area contributed by atoms with Gasteiger partial charge in [-0.2, -0.15) is 8.78 Å². The monoisotopic (exact) mass is 245 g/mol. The third kappa shape index (κ3) is 3.99. The van der Waals surface area contributed by atoms with Crippen LogP contribution in [0.4, 0.5) is 8.78 Å². The zero-order valence-electron chi connectivity index (χ0n) is 9.19. The van der Waals surface area contributed by atoms with Crippen molar-refractivity contribution in [3.63, 3.8) is 0 Å². The molecule has 2 N–H and O–H groups in total. The van der Waals surface area contributed by atoms with E-state index in [1.165, 1.54) is 24.3 Å².